The molecule has 130 valence electrons. The van der Waals surface area contributed by atoms with Gasteiger partial charge >= 0.3 is 0 Å². The Morgan fingerprint density at radius 2 is 1.88 bits per heavy atom. The molecule has 1 unspecified atom stereocenters. The molecule has 0 radical (unpaired) electrons. The number of fused-ring (bicyclic) bond motifs is 1. The maximum Gasteiger partial charge on any atom is 0.234 e. The molecule has 7 heteroatoms. The van der Waals surface area contributed by atoms with E-state index in [2.05, 4.69) is 32.2 Å². The molecule has 0 spiro atoms. The summed E-state index contributed by atoms with van der Waals surface area (Å²) >= 11 is 1.71. The number of hydrogen-bond acceptors (Lipinski definition) is 6. The average molecular weight is 354 g/mol. The summed E-state index contributed by atoms with van der Waals surface area (Å²) in [4.78, 5) is 7.85. The van der Waals surface area contributed by atoms with Crippen molar-refractivity contribution >= 4 is 22.1 Å². The van der Waals surface area contributed by atoms with Crippen molar-refractivity contribution in [3.05, 3.63) is 35.2 Å². The lowest BCUT2D eigenvalue weighted by Gasteiger charge is -2.32. The molecule has 2 fully saturated rings. The van der Waals surface area contributed by atoms with E-state index in [1.807, 2.05) is 16.8 Å². The van der Waals surface area contributed by atoms with Gasteiger partial charge in [0.05, 0.1) is 0 Å². The van der Waals surface area contributed by atoms with Crippen molar-refractivity contribution in [2.24, 2.45) is 0 Å². The predicted octanol–water partition coefficient (Wildman–Crippen LogP) is 3.62. The molecule has 6 nitrogen and oxygen atoms in total. The Hall–Kier alpha value is -2.02. The molecule has 3 aromatic heterocycles. The van der Waals surface area contributed by atoms with E-state index in [1.165, 1.54) is 43.5 Å². The maximum absolute atomic E-state index is 4.93. The zero-order valence-corrected chi connectivity index (χ0v) is 15.0. The Morgan fingerprint density at radius 3 is 2.72 bits per heavy atom. The first-order valence-corrected chi connectivity index (χ1v) is 10.1. The molecule has 1 aliphatic heterocycles. The molecule has 2 aliphatic rings. The Morgan fingerprint density at radius 1 is 1.00 bits per heavy atom. The number of aromatic nitrogens is 5. The van der Waals surface area contributed by atoms with Crippen molar-refractivity contribution in [3.63, 3.8) is 0 Å². The van der Waals surface area contributed by atoms with Crippen LogP contribution in [0.3, 0.4) is 0 Å². The second kappa shape index (κ2) is 6.37. The molecule has 1 saturated heterocycles. The lowest BCUT2D eigenvalue weighted by atomic mass is 9.99. The van der Waals surface area contributed by atoms with Gasteiger partial charge in [-0.25, -0.2) is 4.98 Å². The number of pyridine rings is 1. The summed E-state index contributed by atoms with van der Waals surface area (Å²) in [5, 5.41) is 15.0. The van der Waals surface area contributed by atoms with E-state index in [0.29, 0.717) is 11.8 Å². The van der Waals surface area contributed by atoms with Gasteiger partial charge in [-0.3, -0.25) is 0 Å². The average Bonchev–Trinajstić information content (AvgIpc) is 3.39. The molecule has 0 amide bonds. The van der Waals surface area contributed by atoms with Crippen LogP contribution in [-0.2, 0) is 0 Å². The fourth-order valence-corrected chi connectivity index (χ4v) is 5.15. The Balaban J connectivity index is 1.41. The zero-order chi connectivity index (χ0) is 16.6. The number of anilines is 1. The number of hydrogen-bond donors (Lipinski definition) is 0. The number of rotatable bonds is 3. The van der Waals surface area contributed by atoms with Gasteiger partial charge in [0, 0.05) is 31.1 Å². The van der Waals surface area contributed by atoms with Gasteiger partial charge in [-0.15, -0.1) is 10.2 Å². The summed E-state index contributed by atoms with van der Waals surface area (Å²) in [5.41, 5.74) is 0. The van der Waals surface area contributed by atoms with Gasteiger partial charge in [0.25, 0.3) is 0 Å². The van der Waals surface area contributed by atoms with Crippen molar-refractivity contribution in [1.82, 2.24) is 24.8 Å². The van der Waals surface area contributed by atoms with Crippen molar-refractivity contribution in [3.8, 4) is 0 Å². The summed E-state index contributed by atoms with van der Waals surface area (Å²) in [7, 11) is 0. The van der Waals surface area contributed by atoms with E-state index in [9.17, 15) is 0 Å². The zero-order valence-electron chi connectivity index (χ0n) is 14.2. The van der Waals surface area contributed by atoms with E-state index in [-0.39, 0.29) is 0 Å². The van der Waals surface area contributed by atoms with Crippen LogP contribution in [0.4, 0.5) is 5.82 Å². The van der Waals surface area contributed by atoms with Gasteiger partial charge in [0.2, 0.25) is 4.96 Å². The molecule has 1 saturated carbocycles. The molecule has 5 rings (SSSR count). The van der Waals surface area contributed by atoms with Crippen LogP contribution in [0.1, 0.15) is 61.2 Å². The van der Waals surface area contributed by atoms with Crippen molar-refractivity contribution in [1.29, 1.82) is 0 Å². The highest BCUT2D eigenvalue weighted by Crippen LogP contribution is 2.36. The summed E-state index contributed by atoms with van der Waals surface area (Å²) in [6.45, 7) is 2.06. The molecule has 0 bridgehead atoms. The summed E-state index contributed by atoms with van der Waals surface area (Å²) < 4.78 is 2.02. The minimum atomic E-state index is 0.457. The topological polar surface area (TPSA) is 59.2 Å². The minimum absolute atomic E-state index is 0.457. The fourth-order valence-electron chi connectivity index (χ4n) is 4.18. The number of nitrogens with zero attached hydrogens (tertiary/aromatic N) is 6. The van der Waals surface area contributed by atoms with Crippen molar-refractivity contribution in [2.75, 3.05) is 18.0 Å². The van der Waals surface area contributed by atoms with Crippen LogP contribution >= 0.6 is 11.3 Å². The minimum Gasteiger partial charge on any atom is -0.356 e. The van der Waals surface area contributed by atoms with Crippen LogP contribution < -0.4 is 4.90 Å². The van der Waals surface area contributed by atoms with Gasteiger partial charge < -0.3 is 4.90 Å². The summed E-state index contributed by atoms with van der Waals surface area (Å²) in [6.07, 6.45) is 9.30. The second-order valence-corrected chi connectivity index (χ2v) is 8.13. The first-order valence-electron chi connectivity index (χ1n) is 9.26. The Kier molecular flexibility index (Phi) is 3.88. The van der Waals surface area contributed by atoms with Gasteiger partial charge in [-0.1, -0.05) is 30.2 Å². The van der Waals surface area contributed by atoms with E-state index >= 15 is 0 Å². The third-order valence-corrected chi connectivity index (χ3v) is 6.56. The second-order valence-electron chi connectivity index (χ2n) is 7.15. The van der Waals surface area contributed by atoms with E-state index in [1.54, 1.807) is 11.3 Å². The lowest BCUT2D eigenvalue weighted by molar-refractivity contribution is 0.500. The van der Waals surface area contributed by atoms with Crippen LogP contribution in [-0.4, -0.2) is 37.9 Å². The van der Waals surface area contributed by atoms with Crippen molar-refractivity contribution in [2.45, 2.75) is 50.4 Å². The Labute approximate surface area is 150 Å². The van der Waals surface area contributed by atoms with Crippen LogP contribution in [0, 0.1) is 0 Å². The highest BCUT2D eigenvalue weighted by molar-refractivity contribution is 7.16. The standard InChI is InChI=1S/C18H22N6S/c1-2-7-13(6-1)16-20-21-18-24(16)22-17(25-18)14-8-5-11-23(12-14)15-9-3-4-10-19-15/h3-4,9-10,13-14H,1-2,5-8,11-12H2. The summed E-state index contributed by atoms with van der Waals surface area (Å²) in [5.74, 6) is 3.15. The predicted molar refractivity (Wildman–Crippen MR) is 98.3 cm³/mol. The molecular formula is C18H22N6S. The molecule has 4 heterocycles. The molecule has 1 atom stereocenters. The molecule has 0 N–H and O–H groups in total. The van der Waals surface area contributed by atoms with Crippen LogP contribution in [0.2, 0.25) is 0 Å². The van der Waals surface area contributed by atoms with Crippen LogP contribution in [0.5, 0.6) is 0 Å². The molecule has 1 aliphatic carbocycles. The monoisotopic (exact) mass is 354 g/mol. The third-order valence-electron chi connectivity index (χ3n) is 5.49. The molecule has 3 aromatic rings. The first-order chi connectivity index (χ1) is 12.4. The van der Waals surface area contributed by atoms with E-state index in [0.717, 1.165) is 29.7 Å². The van der Waals surface area contributed by atoms with Crippen LogP contribution in [0.25, 0.3) is 4.96 Å². The summed E-state index contributed by atoms with van der Waals surface area (Å²) in [6, 6.07) is 6.13. The maximum atomic E-state index is 4.93. The molecule has 25 heavy (non-hydrogen) atoms. The van der Waals surface area contributed by atoms with E-state index in [4.69, 9.17) is 5.10 Å². The third kappa shape index (κ3) is 2.80. The highest BCUT2D eigenvalue weighted by Gasteiger charge is 2.28. The highest BCUT2D eigenvalue weighted by atomic mass is 32.1. The molecule has 0 aromatic carbocycles. The fraction of sp³-hybridized carbons (Fsp3) is 0.556. The van der Waals surface area contributed by atoms with Gasteiger partial charge in [0.15, 0.2) is 5.82 Å². The van der Waals surface area contributed by atoms with Crippen LogP contribution in [0.15, 0.2) is 24.4 Å². The molecular weight excluding hydrogens is 332 g/mol. The SMILES string of the molecule is c1ccc(N2CCCC(c3nn4c(C5CCCC5)nnc4s3)C2)nc1. The number of piperidine rings is 1. The van der Waals surface area contributed by atoms with Gasteiger partial charge in [-0.2, -0.15) is 9.61 Å². The largest absolute Gasteiger partial charge is 0.356 e. The Bertz CT molecular complexity index is 851. The van der Waals surface area contributed by atoms with E-state index < -0.39 is 0 Å². The van der Waals surface area contributed by atoms with Gasteiger partial charge in [0.1, 0.15) is 10.8 Å². The lowest BCUT2D eigenvalue weighted by Crippen LogP contribution is -2.34. The quantitative estimate of drug-likeness (QED) is 0.719. The van der Waals surface area contributed by atoms with Gasteiger partial charge in [-0.05, 0) is 37.8 Å². The smallest absolute Gasteiger partial charge is 0.234 e. The van der Waals surface area contributed by atoms with Crippen molar-refractivity contribution < 1.29 is 0 Å². The first kappa shape index (κ1) is 15.3. The normalized spacial score (nSPS) is 22.1.